The zero-order chi connectivity index (χ0) is 15.8. The lowest BCUT2D eigenvalue weighted by Crippen LogP contribution is -2.00. The molecule has 0 aliphatic heterocycles. The summed E-state index contributed by atoms with van der Waals surface area (Å²) in [5.41, 5.74) is 3.46. The summed E-state index contributed by atoms with van der Waals surface area (Å²) in [6.45, 7) is 0. The first kappa shape index (κ1) is 13.8. The van der Waals surface area contributed by atoms with Gasteiger partial charge >= 0.3 is 5.97 Å². The number of ether oxygens (including phenoxy) is 1. The van der Waals surface area contributed by atoms with Crippen molar-refractivity contribution in [2.45, 2.75) is 18.8 Å². The molecule has 0 atom stereocenters. The summed E-state index contributed by atoms with van der Waals surface area (Å²) in [5.74, 6) is 0.874. The van der Waals surface area contributed by atoms with E-state index in [-0.39, 0.29) is 5.69 Å². The lowest BCUT2D eigenvalue weighted by atomic mass is 10.1. The molecular formula is C17H16N4O2. The molecule has 1 N–H and O–H groups in total. The molecule has 1 aliphatic rings. The van der Waals surface area contributed by atoms with Crippen molar-refractivity contribution in [3.05, 3.63) is 54.1 Å². The van der Waals surface area contributed by atoms with E-state index in [4.69, 9.17) is 0 Å². The van der Waals surface area contributed by atoms with Gasteiger partial charge in [0.25, 0.3) is 0 Å². The lowest BCUT2D eigenvalue weighted by Gasteiger charge is -2.02. The number of nitrogens with zero attached hydrogens (tertiary/aromatic N) is 3. The fourth-order valence-corrected chi connectivity index (χ4v) is 2.58. The molecule has 23 heavy (non-hydrogen) atoms. The Bertz CT molecular complexity index is 844. The molecule has 116 valence electrons. The van der Waals surface area contributed by atoms with Crippen LogP contribution in [0, 0.1) is 0 Å². The Kier molecular flexibility index (Phi) is 3.22. The van der Waals surface area contributed by atoms with Crippen LogP contribution >= 0.6 is 0 Å². The average Bonchev–Trinajstić information content (AvgIpc) is 3.12. The monoisotopic (exact) mass is 308 g/mol. The first-order valence-corrected chi connectivity index (χ1v) is 7.53. The molecule has 0 radical (unpaired) electrons. The fraction of sp³-hybridized carbons (Fsp3) is 0.235. The Morgan fingerprint density at radius 3 is 2.78 bits per heavy atom. The Morgan fingerprint density at radius 2 is 2.09 bits per heavy atom. The van der Waals surface area contributed by atoms with Crippen LogP contribution in [0.3, 0.4) is 0 Å². The van der Waals surface area contributed by atoms with Gasteiger partial charge in [-0.2, -0.15) is 5.10 Å². The van der Waals surface area contributed by atoms with E-state index in [9.17, 15) is 4.79 Å². The van der Waals surface area contributed by atoms with Gasteiger partial charge in [-0.15, -0.1) is 0 Å². The van der Waals surface area contributed by atoms with Crippen molar-refractivity contribution in [2.24, 2.45) is 0 Å². The number of hydrogen-bond acceptors (Lipinski definition) is 4. The summed E-state index contributed by atoms with van der Waals surface area (Å²) < 4.78 is 6.45. The van der Waals surface area contributed by atoms with Gasteiger partial charge in [0.2, 0.25) is 0 Å². The maximum absolute atomic E-state index is 11.5. The number of esters is 1. The second-order valence-electron chi connectivity index (χ2n) is 5.67. The maximum atomic E-state index is 11.5. The van der Waals surface area contributed by atoms with Gasteiger partial charge in [0.15, 0.2) is 5.69 Å². The molecule has 3 aromatic rings. The second-order valence-corrected chi connectivity index (χ2v) is 5.67. The van der Waals surface area contributed by atoms with Gasteiger partial charge in [-0.1, -0.05) is 12.1 Å². The smallest absolute Gasteiger partial charge is 0.358 e. The molecule has 4 rings (SSSR count). The number of methoxy groups -OCH3 is 1. The summed E-state index contributed by atoms with van der Waals surface area (Å²) in [7, 11) is 1.33. The molecule has 1 aliphatic carbocycles. The Labute approximate surface area is 133 Å². The van der Waals surface area contributed by atoms with Crippen LogP contribution in [0.2, 0.25) is 0 Å². The summed E-state index contributed by atoms with van der Waals surface area (Å²) in [4.78, 5) is 18.6. The van der Waals surface area contributed by atoms with Gasteiger partial charge in [0.05, 0.1) is 24.6 Å². The van der Waals surface area contributed by atoms with E-state index in [1.54, 1.807) is 10.9 Å². The van der Waals surface area contributed by atoms with E-state index in [0.29, 0.717) is 5.82 Å². The van der Waals surface area contributed by atoms with Crippen molar-refractivity contribution < 1.29 is 9.53 Å². The number of aromatic nitrogens is 4. The number of nitrogens with one attached hydrogen (secondary N) is 1. The largest absolute Gasteiger partial charge is 0.464 e. The normalized spacial score (nSPS) is 14.0. The van der Waals surface area contributed by atoms with Crippen LogP contribution in [0.5, 0.6) is 0 Å². The molecule has 2 aromatic heterocycles. The van der Waals surface area contributed by atoms with E-state index in [2.05, 4.69) is 44.1 Å². The van der Waals surface area contributed by atoms with Gasteiger partial charge in [0, 0.05) is 12.4 Å². The molecule has 0 unspecified atom stereocenters. The number of carbonyl (C=O) groups excluding carboxylic acids is 1. The summed E-state index contributed by atoms with van der Waals surface area (Å²) in [6.07, 6.45) is 7.72. The molecule has 0 bridgehead atoms. The van der Waals surface area contributed by atoms with E-state index in [1.807, 2.05) is 6.20 Å². The van der Waals surface area contributed by atoms with Gasteiger partial charge in [-0.25, -0.2) is 14.5 Å². The van der Waals surface area contributed by atoms with Gasteiger partial charge in [-0.3, -0.25) is 0 Å². The number of aromatic amines is 1. The van der Waals surface area contributed by atoms with Crippen molar-refractivity contribution >= 4 is 5.97 Å². The molecule has 0 saturated heterocycles. The van der Waals surface area contributed by atoms with Crippen LogP contribution in [0.4, 0.5) is 0 Å². The second kappa shape index (κ2) is 5.39. The zero-order valence-corrected chi connectivity index (χ0v) is 12.7. The molecule has 1 saturated carbocycles. The quantitative estimate of drug-likeness (QED) is 0.752. The first-order valence-electron chi connectivity index (χ1n) is 7.53. The van der Waals surface area contributed by atoms with Crippen LogP contribution in [0.25, 0.3) is 17.1 Å². The van der Waals surface area contributed by atoms with E-state index in [1.165, 1.54) is 31.7 Å². The molecule has 6 nitrogen and oxygen atoms in total. The van der Waals surface area contributed by atoms with Crippen LogP contribution in [-0.4, -0.2) is 32.8 Å². The van der Waals surface area contributed by atoms with Crippen LogP contribution < -0.4 is 0 Å². The first-order chi connectivity index (χ1) is 11.2. The number of imidazole rings is 1. The highest BCUT2D eigenvalue weighted by Gasteiger charge is 2.23. The van der Waals surface area contributed by atoms with Crippen molar-refractivity contribution in [3.8, 4) is 17.1 Å². The minimum atomic E-state index is -0.462. The standard InChI is InChI=1S/C17H16N4O2/c1-23-17(22)15-9-18-16(20-15)13-8-19-21(10-13)14-6-4-12(5-7-14)11-2-3-11/h4-11H,2-3H2,1H3,(H,18,20). The molecule has 0 spiro atoms. The highest BCUT2D eigenvalue weighted by atomic mass is 16.5. The number of rotatable bonds is 4. The van der Waals surface area contributed by atoms with Gasteiger partial charge < -0.3 is 9.72 Å². The molecule has 0 amide bonds. The Balaban J connectivity index is 1.58. The molecular weight excluding hydrogens is 292 g/mol. The minimum Gasteiger partial charge on any atom is -0.464 e. The van der Waals surface area contributed by atoms with E-state index in [0.717, 1.165) is 17.2 Å². The predicted molar refractivity (Wildman–Crippen MR) is 84.5 cm³/mol. The highest BCUT2D eigenvalue weighted by Crippen LogP contribution is 2.40. The molecule has 2 heterocycles. The summed E-state index contributed by atoms with van der Waals surface area (Å²) in [6, 6.07) is 8.48. The minimum absolute atomic E-state index is 0.254. The predicted octanol–water partition coefficient (Wildman–Crippen LogP) is 2.93. The number of hydrogen-bond donors (Lipinski definition) is 1. The van der Waals surface area contributed by atoms with Crippen LogP contribution in [0.15, 0.2) is 42.9 Å². The third-order valence-corrected chi connectivity index (χ3v) is 4.03. The Hall–Kier alpha value is -2.89. The molecule has 1 aromatic carbocycles. The summed E-state index contributed by atoms with van der Waals surface area (Å²) in [5, 5.41) is 4.37. The zero-order valence-electron chi connectivity index (χ0n) is 12.7. The highest BCUT2D eigenvalue weighted by molar-refractivity contribution is 5.87. The van der Waals surface area contributed by atoms with Crippen molar-refractivity contribution in [3.63, 3.8) is 0 Å². The Morgan fingerprint density at radius 1 is 1.30 bits per heavy atom. The van der Waals surface area contributed by atoms with Gasteiger partial charge in [0.1, 0.15) is 5.82 Å². The van der Waals surface area contributed by atoms with Crippen molar-refractivity contribution in [1.29, 1.82) is 0 Å². The van der Waals surface area contributed by atoms with Crippen molar-refractivity contribution in [2.75, 3.05) is 7.11 Å². The SMILES string of the molecule is COC(=O)c1c[nH]c(-c2cnn(-c3ccc(C4CC4)cc3)c2)n1. The maximum Gasteiger partial charge on any atom is 0.358 e. The molecule has 6 heteroatoms. The fourth-order valence-electron chi connectivity index (χ4n) is 2.58. The average molecular weight is 308 g/mol. The van der Waals surface area contributed by atoms with Crippen molar-refractivity contribution in [1.82, 2.24) is 19.7 Å². The van der Waals surface area contributed by atoms with E-state index >= 15 is 0 Å². The summed E-state index contributed by atoms with van der Waals surface area (Å²) >= 11 is 0. The van der Waals surface area contributed by atoms with Crippen LogP contribution in [-0.2, 0) is 4.74 Å². The third-order valence-electron chi connectivity index (χ3n) is 4.03. The van der Waals surface area contributed by atoms with E-state index < -0.39 is 5.97 Å². The number of carbonyl (C=O) groups is 1. The van der Waals surface area contributed by atoms with Gasteiger partial charge in [-0.05, 0) is 36.5 Å². The number of H-pyrrole nitrogens is 1. The molecule has 1 fully saturated rings. The lowest BCUT2D eigenvalue weighted by molar-refractivity contribution is 0.0595. The third kappa shape index (κ3) is 2.63. The number of benzene rings is 1. The topological polar surface area (TPSA) is 72.8 Å². The van der Waals surface area contributed by atoms with Crippen LogP contribution in [0.1, 0.15) is 34.8 Å².